The maximum atomic E-state index is 11.2. The summed E-state index contributed by atoms with van der Waals surface area (Å²) in [5, 5.41) is -0.0748. The first-order valence-electron chi connectivity index (χ1n) is 6.39. The average Bonchev–Trinajstić information content (AvgIpc) is 3.02. The molecule has 24 heavy (non-hydrogen) atoms. The number of urea groups is 1. The Kier molecular flexibility index (Phi) is 3.37. The van der Waals surface area contributed by atoms with Crippen molar-refractivity contribution in [1.82, 2.24) is 29.5 Å². The van der Waals surface area contributed by atoms with Gasteiger partial charge in [-0.15, -0.1) is 0 Å². The van der Waals surface area contributed by atoms with Crippen molar-refractivity contribution in [3.8, 4) is 0 Å². The van der Waals surface area contributed by atoms with Crippen LogP contribution >= 0.6 is 0 Å². The number of rotatable bonds is 0. The van der Waals surface area contributed by atoms with Gasteiger partial charge in [-0.2, -0.15) is 20.0 Å². The van der Waals surface area contributed by atoms with Crippen molar-refractivity contribution in [2.45, 2.75) is 0 Å². The summed E-state index contributed by atoms with van der Waals surface area (Å²) in [5.74, 6) is 0.0126. The Morgan fingerprint density at radius 2 is 1.67 bits per heavy atom. The topological polar surface area (TPSA) is 203 Å². The maximum absolute atomic E-state index is 11.2. The van der Waals surface area contributed by atoms with Crippen LogP contribution in [0.3, 0.4) is 0 Å². The average molecular weight is 330 g/mol. The summed E-state index contributed by atoms with van der Waals surface area (Å²) in [4.78, 5) is 55.5. The van der Waals surface area contributed by atoms with Gasteiger partial charge < -0.3 is 16.0 Å². The molecule has 0 spiro atoms. The zero-order chi connectivity index (χ0) is 17.4. The number of carbonyl (C=O) groups excluding carboxylic acids is 1. The van der Waals surface area contributed by atoms with Gasteiger partial charge in [0.2, 0.25) is 11.9 Å². The van der Waals surface area contributed by atoms with Gasteiger partial charge in [-0.3, -0.25) is 19.6 Å². The van der Waals surface area contributed by atoms with E-state index in [-0.39, 0.29) is 28.3 Å². The van der Waals surface area contributed by atoms with Gasteiger partial charge in [-0.25, -0.2) is 9.78 Å². The molecule has 3 aromatic rings. The van der Waals surface area contributed by atoms with Gasteiger partial charge in [0.05, 0.1) is 6.33 Å². The van der Waals surface area contributed by atoms with E-state index in [9.17, 15) is 14.4 Å². The zero-order valence-electron chi connectivity index (χ0n) is 12.1. The molecule has 0 radical (unpaired) electrons. The SMILES string of the molecule is Cn1cnc2nc(N)[nH]c(=O)c21.Nc1nc2c(c(=O)[nH]1)=NC(=O)N=2. The summed E-state index contributed by atoms with van der Waals surface area (Å²) >= 11 is 0. The normalized spacial score (nSPS) is 12.1. The monoisotopic (exact) mass is 330 g/mol. The highest BCUT2D eigenvalue weighted by atomic mass is 16.2. The van der Waals surface area contributed by atoms with Crippen molar-refractivity contribution in [1.29, 1.82) is 0 Å². The molecular formula is C11H10N10O3. The summed E-state index contributed by atoms with van der Waals surface area (Å²) in [6.07, 6.45) is 1.52. The predicted molar refractivity (Wildman–Crippen MR) is 80.5 cm³/mol. The number of nitrogen functional groups attached to an aromatic ring is 2. The van der Waals surface area contributed by atoms with Crippen LogP contribution in [0.4, 0.5) is 16.7 Å². The fourth-order valence-electron chi connectivity index (χ4n) is 1.94. The quantitative estimate of drug-likeness (QED) is 0.332. The molecule has 13 nitrogen and oxygen atoms in total. The number of carbonyl (C=O) groups is 1. The number of aryl methyl sites for hydroxylation is 1. The Balaban J connectivity index is 0.000000141. The van der Waals surface area contributed by atoms with E-state index in [2.05, 4.69) is 34.9 Å². The van der Waals surface area contributed by atoms with E-state index >= 15 is 0 Å². The molecule has 122 valence electrons. The van der Waals surface area contributed by atoms with E-state index in [1.54, 1.807) is 11.6 Å². The number of anilines is 2. The predicted octanol–water partition coefficient (Wildman–Crippen LogP) is -3.04. The summed E-state index contributed by atoms with van der Waals surface area (Å²) in [5.41, 5.74) is 10.5. The largest absolute Gasteiger partial charge is 0.370 e. The minimum atomic E-state index is -0.728. The first-order chi connectivity index (χ1) is 11.3. The molecule has 13 heteroatoms. The minimum absolute atomic E-state index is 0.0127. The number of fused-ring (bicyclic) bond motifs is 2. The van der Waals surface area contributed by atoms with E-state index in [1.165, 1.54) is 6.33 Å². The van der Waals surface area contributed by atoms with Crippen LogP contribution < -0.4 is 33.4 Å². The highest BCUT2D eigenvalue weighted by Crippen LogP contribution is 2.02. The molecule has 0 saturated heterocycles. The minimum Gasteiger partial charge on any atom is -0.369 e. The van der Waals surface area contributed by atoms with Crippen molar-refractivity contribution in [3.05, 3.63) is 37.9 Å². The molecule has 0 aliphatic carbocycles. The first-order valence-corrected chi connectivity index (χ1v) is 6.39. The smallest absolute Gasteiger partial charge is 0.369 e. The van der Waals surface area contributed by atoms with Crippen molar-refractivity contribution < 1.29 is 4.79 Å². The number of nitrogens with zero attached hydrogens (tertiary/aromatic N) is 6. The van der Waals surface area contributed by atoms with Gasteiger partial charge in [0, 0.05) is 7.05 Å². The van der Waals surface area contributed by atoms with Crippen molar-refractivity contribution in [3.63, 3.8) is 0 Å². The highest BCUT2D eigenvalue weighted by Gasteiger charge is 2.09. The third-order valence-corrected chi connectivity index (χ3v) is 2.90. The molecular weight excluding hydrogens is 320 g/mol. The Bertz CT molecular complexity index is 1200. The molecule has 0 aromatic carbocycles. The molecule has 1 aliphatic rings. The number of aromatic amines is 2. The lowest BCUT2D eigenvalue weighted by Gasteiger charge is -1.93. The third kappa shape index (κ3) is 2.60. The number of aromatic nitrogens is 6. The molecule has 4 rings (SSSR count). The molecule has 6 N–H and O–H groups in total. The van der Waals surface area contributed by atoms with Crippen molar-refractivity contribution in [2.24, 2.45) is 17.0 Å². The highest BCUT2D eigenvalue weighted by molar-refractivity contribution is 5.77. The molecule has 4 heterocycles. The molecule has 3 aromatic heterocycles. The molecule has 0 bridgehead atoms. The molecule has 0 fully saturated rings. The number of nitrogens with one attached hydrogen (secondary N) is 2. The lowest BCUT2D eigenvalue weighted by Crippen LogP contribution is -2.41. The van der Waals surface area contributed by atoms with Gasteiger partial charge >= 0.3 is 6.03 Å². The molecule has 0 unspecified atom stereocenters. The first kappa shape index (κ1) is 15.0. The number of H-pyrrole nitrogens is 2. The lowest BCUT2D eigenvalue weighted by molar-refractivity contribution is 0.256. The van der Waals surface area contributed by atoms with Crippen LogP contribution in [0.15, 0.2) is 25.9 Å². The number of nitrogens with two attached hydrogens (primary N) is 2. The van der Waals surface area contributed by atoms with Gasteiger partial charge in [-0.05, 0) is 0 Å². The number of hydrogen-bond donors (Lipinski definition) is 4. The van der Waals surface area contributed by atoms with Crippen LogP contribution in [0.1, 0.15) is 0 Å². The number of hydrogen-bond acceptors (Lipinski definition) is 8. The summed E-state index contributed by atoms with van der Waals surface area (Å²) in [6.45, 7) is 0. The van der Waals surface area contributed by atoms with Crippen LogP contribution in [0, 0.1) is 0 Å². The Labute approximate surface area is 130 Å². The van der Waals surface area contributed by atoms with Crippen LogP contribution in [-0.2, 0) is 7.05 Å². The number of imidazole rings is 1. The Hall–Kier alpha value is -3.90. The molecule has 0 atom stereocenters. The van der Waals surface area contributed by atoms with E-state index in [0.717, 1.165) is 0 Å². The lowest BCUT2D eigenvalue weighted by atomic mass is 10.5. The van der Waals surface area contributed by atoms with E-state index < -0.39 is 11.6 Å². The molecule has 2 amide bonds. The van der Waals surface area contributed by atoms with Crippen LogP contribution in [0.5, 0.6) is 0 Å². The maximum Gasteiger partial charge on any atom is 0.370 e. The van der Waals surface area contributed by atoms with Crippen LogP contribution in [0.25, 0.3) is 11.2 Å². The second-order valence-electron chi connectivity index (χ2n) is 4.61. The summed E-state index contributed by atoms with van der Waals surface area (Å²) < 4.78 is 1.60. The summed E-state index contributed by atoms with van der Waals surface area (Å²) in [7, 11) is 1.72. The zero-order valence-corrected chi connectivity index (χ0v) is 12.1. The van der Waals surface area contributed by atoms with E-state index in [4.69, 9.17) is 11.5 Å². The van der Waals surface area contributed by atoms with Crippen LogP contribution in [-0.4, -0.2) is 35.5 Å². The second-order valence-corrected chi connectivity index (χ2v) is 4.61. The standard InChI is InChI=1S/C6H7N5O.C5H3N5O2/c1-11-2-8-4-3(11)5(12)10-6(7)9-4;6-4-8-2-1(3(11)10-4)7-5(12)9-2/h2H,1H3,(H3,7,9,10,12);(H3,6,8,9,10,11,12). The fourth-order valence-corrected chi connectivity index (χ4v) is 1.94. The van der Waals surface area contributed by atoms with E-state index in [1.807, 2.05) is 0 Å². The fraction of sp³-hybridized carbons (Fsp3) is 0.0909. The van der Waals surface area contributed by atoms with Crippen LogP contribution in [0.2, 0.25) is 0 Å². The Morgan fingerprint density at radius 3 is 2.42 bits per heavy atom. The van der Waals surface area contributed by atoms with Gasteiger partial charge in [0.15, 0.2) is 22.0 Å². The van der Waals surface area contributed by atoms with Gasteiger partial charge in [0.1, 0.15) is 0 Å². The van der Waals surface area contributed by atoms with Crippen molar-refractivity contribution in [2.75, 3.05) is 11.5 Å². The Morgan fingerprint density at radius 1 is 1.00 bits per heavy atom. The third-order valence-electron chi connectivity index (χ3n) is 2.90. The number of amides is 2. The molecule has 0 saturated carbocycles. The van der Waals surface area contributed by atoms with Gasteiger partial charge in [-0.1, -0.05) is 0 Å². The second kappa shape index (κ2) is 5.38. The summed E-state index contributed by atoms with van der Waals surface area (Å²) in [6, 6.07) is -0.728. The van der Waals surface area contributed by atoms with Crippen molar-refractivity contribution >= 4 is 29.1 Å². The van der Waals surface area contributed by atoms with E-state index in [0.29, 0.717) is 11.2 Å². The molecule has 1 aliphatic heterocycles. The van der Waals surface area contributed by atoms with Gasteiger partial charge in [0.25, 0.3) is 11.1 Å².